The number of benzene rings is 5. The van der Waals surface area contributed by atoms with Gasteiger partial charge in [-0.15, -0.1) is 0 Å². The number of Topliss-reactive ketones (excluding diaryl/α,β-unsaturated/α-hetero) is 2. The van der Waals surface area contributed by atoms with Crippen LogP contribution in [-0.2, 0) is 29.3 Å². The molecule has 0 aliphatic rings. The Balaban J connectivity index is 0.000000200. The van der Waals surface area contributed by atoms with Crippen LogP contribution in [0.2, 0.25) is 25.1 Å². The van der Waals surface area contributed by atoms with E-state index >= 15 is 0 Å². The SMILES string of the molecule is O=C(Nc1c(Cl)cncc1Cl)C(=O)c1c[nH]c2c(OCc3ccccc3)cccc12.O=C(Nc1c(Cl)cncc1Cl)C(=O)c1cn(Cc2ccc(Cl)cc2[N+](=O)[O-])c2c(OCc3ccccc3)cccc12. The van der Waals surface area contributed by atoms with Gasteiger partial charge in [0.25, 0.3) is 29.1 Å². The molecule has 9 aromatic rings. The van der Waals surface area contributed by atoms with Crippen molar-refractivity contribution in [1.29, 1.82) is 0 Å². The summed E-state index contributed by atoms with van der Waals surface area (Å²) < 4.78 is 13.7. The van der Waals surface area contributed by atoms with E-state index in [9.17, 15) is 29.3 Å². The van der Waals surface area contributed by atoms with Gasteiger partial charge in [-0.1, -0.05) is 143 Å². The molecule has 9 rings (SSSR count). The third kappa shape index (κ3) is 11.5. The first-order valence-electron chi connectivity index (χ1n) is 21.0. The molecule has 4 aromatic heterocycles. The van der Waals surface area contributed by atoms with Gasteiger partial charge in [-0.05, 0) is 35.4 Å². The lowest BCUT2D eigenvalue weighted by molar-refractivity contribution is -0.385. The molecule has 20 heteroatoms. The van der Waals surface area contributed by atoms with Crippen molar-refractivity contribution in [2.75, 3.05) is 10.6 Å². The zero-order valence-electron chi connectivity index (χ0n) is 36.5. The molecule has 5 aromatic carbocycles. The Morgan fingerprint density at radius 3 is 1.68 bits per heavy atom. The first-order valence-corrected chi connectivity index (χ1v) is 22.9. The number of hydrogen-bond acceptors (Lipinski definition) is 10. The molecular formula is C51H34Cl5N7O8. The molecular weight excluding hydrogens is 1020 g/mol. The van der Waals surface area contributed by atoms with Gasteiger partial charge in [0.05, 0.1) is 65.1 Å². The first kappa shape index (κ1) is 49.6. The molecule has 4 heterocycles. The highest BCUT2D eigenvalue weighted by atomic mass is 35.5. The summed E-state index contributed by atoms with van der Waals surface area (Å²) in [6.45, 7) is 0.601. The monoisotopic (exact) mass is 1050 g/mol. The number of carbonyl (C=O) groups is 4. The van der Waals surface area contributed by atoms with E-state index < -0.39 is 28.3 Å². The van der Waals surface area contributed by atoms with Crippen molar-refractivity contribution in [3.05, 3.63) is 215 Å². The third-order valence-corrected chi connectivity index (χ3v) is 12.1. The van der Waals surface area contributed by atoms with E-state index in [2.05, 4.69) is 25.6 Å². The van der Waals surface area contributed by atoms with Gasteiger partial charge in [0.2, 0.25) is 0 Å². The van der Waals surface area contributed by atoms with Crippen LogP contribution in [-0.4, -0.2) is 47.8 Å². The van der Waals surface area contributed by atoms with Crippen molar-refractivity contribution in [3.8, 4) is 11.5 Å². The fraction of sp³-hybridized carbons (Fsp3) is 0.0588. The van der Waals surface area contributed by atoms with Crippen LogP contribution in [0.15, 0.2) is 152 Å². The van der Waals surface area contributed by atoms with Crippen LogP contribution in [0.4, 0.5) is 17.1 Å². The maximum atomic E-state index is 13.5. The van der Waals surface area contributed by atoms with Crippen molar-refractivity contribution in [2.24, 2.45) is 0 Å². The van der Waals surface area contributed by atoms with E-state index in [-0.39, 0.29) is 66.5 Å². The van der Waals surface area contributed by atoms with Gasteiger partial charge in [-0.3, -0.25) is 39.3 Å². The summed E-state index contributed by atoms with van der Waals surface area (Å²) in [4.78, 5) is 73.7. The molecule has 0 atom stereocenters. The lowest BCUT2D eigenvalue weighted by Crippen LogP contribution is -2.23. The lowest BCUT2D eigenvalue weighted by Gasteiger charge is -2.12. The number of nitro groups is 1. The van der Waals surface area contributed by atoms with E-state index in [0.717, 1.165) is 11.1 Å². The number of aromatic nitrogens is 4. The molecule has 0 saturated carbocycles. The Labute approximate surface area is 428 Å². The smallest absolute Gasteiger partial charge is 0.296 e. The minimum atomic E-state index is -0.980. The van der Waals surface area contributed by atoms with Gasteiger partial charge in [0, 0.05) is 64.6 Å². The maximum absolute atomic E-state index is 13.5. The number of H-pyrrole nitrogens is 1. The van der Waals surface area contributed by atoms with Gasteiger partial charge in [0.15, 0.2) is 0 Å². The Hall–Kier alpha value is -7.79. The highest BCUT2D eigenvalue weighted by Crippen LogP contribution is 2.35. The molecule has 0 saturated heterocycles. The van der Waals surface area contributed by atoms with Crippen molar-refractivity contribution in [3.63, 3.8) is 0 Å². The number of rotatable bonds is 15. The molecule has 0 aliphatic carbocycles. The molecule has 0 spiro atoms. The number of halogens is 5. The van der Waals surface area contributed by atoms with E-state index in [1.165, 1.54) is 43.2 Å². The van der Waals surface area contributed by atoms with Crippen LogP contribution in [0.25, 0.3) is 21.8 Å². The number of amides is 2. The largest absolute Gasteiger partial charge is 0.487 e. The number of ketones is 2. The summed E-state index contributed by atoms with van der Waals surface area (Å²) >= 11 is 30.3. The molecule has 0 bridgehead atoms. The number of pyridine rings is 2. The zero-order chi connectivity index (χ0) is 50.2. The van der Waals surface area contributed by atoms with E-state index in [0.29, 0.717) is 45.5 Å². The van der Waals surface area contributed by atoms with Crippen molar-refractivity contribution in [2.45, 2.75) is 19.8 Å². The second-order valence-electron chi connectivity index (χ2n) is 15.3. The number of anilines is 2. The summed E-state index contributed by atoms with van der Waals surface area (Å²) in [5.41, 5.74) is 3.65. The van der Waals surface area contributed by atoms with E-state index in [1.54, 1.807) is 53.1 Å². The second-order valence-corrected chi connectivity index (χ2v) is 17.4. The molecule has 356 valence electrons. The summed E-state index contributed by atoms with van der Waals surface area (Å²) in [7, 11) is 0. The Morgan fingerprint density at radius 2 is 1.13 bits per heavy atom. The number of ether oxygens (including phenoxy) is 2. The Morgan fingerprint density at radius 1 is 0.620 bits per heavy atom. The quantitative estimate of drug-likeness (QED) is 0.0384. The zero-order valence-corrected chi connectivity index (χ0v) is 40.3. The molecule has 3 N–H and O–H groups in total. The van der Waals surface area contributed by atoms with Gasteiger partial charge in [-0.2, -0.15) is 0 Å². The van der Waals surface area contributed by atoms with Gasteiger partial charge in [-0.25, -0.2) is 0 Å². The highest BCUT2D eigenvalue weighted by Gasteiger charge is 2.27. The van der Waals surface area contributed by atoms with Gasteiger partial charge < -0.3 is 29.7 Å². The third-order valence-electron chi connectivity index (χ3n) is 10.7. The molecule has 71 heavy (non-hydrogen) atoms. The van der Waals surface area contributed by atoms with Gasteiger partial charge >= 0.3 is 0 Å². The summed E-state index contributed by atoms with van der Waals surface area (Å²) in [5.74, 6) is -2.44. The Bertz CT molecular complexity index is 3460. The highest BCUT2D eigenvalue weighted by molar-refractivity contribution is 6.51. The minimum Gasteiger partial charge on any atom is -0.487 e. The van der Waals surface area contributed by atoms with Crippen LogP contribution in [0, 0.1) is 10.1 Å². The molecule has 0 radical (unpaired) electrons. The van der Waals surface area contributed by atoms with Crippen LogP contribution >= 0.6 is 58.0 Å². The predicted molar refractivity (Wildman–Crippen MR) is 273 cm³/mol. The number of carbonyl (C=O) groups excluding carboxylic acids is 4. The predicted octanol–water partition coefficient (Wildman–Crippen LogP) is 12.6. The normalized spacial score (nSPS) is 10.8. The average Bonchev–Trinajstić information content (AvgIpc) is 3.98. The summed E-state index contributed by atoms with van der Waals surface area (Å²) in [6.07, 6.45) is 8.18. The molecule has 0 fully saturated rings. The number of nitro benzene ring substituents is 1. The number of para-hydroxylation sites is 2. The minimum absolute atomic E-state index is 0.00734. The maximum Gasteiger partial charge on any atom is 0.296 e. The van der Waals surface area contributed by atoms with Crippen LogP contribution in [0.3, 0.4) is 0 Å². The van der Waals surface area contributed by atoms with Crippen LogP contribution < -0.4 is 20.1 Å². The van der Waals surface area contributed by atoms with Crippen molar-refractivity contribution < 1.29 is 33.6 Å². The topological polar surface area (TPSA) is 200 Å². The second kappa shape index (κ2) is 22.3. The molecule has 2 amide bonds. The fourth-order valence-corrected chi connectivity index (χ4v) is 8.41. The Kier molecular flexibility index (Phi) is 15.6. The molecule has 0 unspecified atom stereocenters. The molecule has 0 aliphatic heterocycles. The lowest BCUT2D eigenvalue weighted by atomic mass is 10.1. The summed E-state index contributed by atoms with van der Waals surface area (Å²) in [5, 5.41) is 18.3. The van der Waals surface area contributed by atoms with Crippen LogP contribution in [0.5, 0.6) is 11.5 Å². The molecule has 15 nitrogen and oxygen atoms in total. The number of aromatic amines is 1. The number of hydrogen-bond donors (Lipinski definition) is 3. The first-order chi connectivity index (χ1) is 34.3. The summed E-state index contributed by atoms with van der Waals surface area (Å²) in [6, 6.07) is 34.0. The van der Waals surface area contributed by atoms with Crippen molar-refractivity contribution >= 4 is 120 Å². The fourth-order valence-electron chi connectivity index (χ4n) is 7.32. The van der Waals surface area contributed by atoms with E-state index in [1.807, 2.05) is 60.7 Å². The van der Waals surface area contributed by atoms with Crippen molar-refractivity contribution in [1.82, 2.24) is 19.5 Å². The number of nitrogens with zero attached hydrogens (tertiary/aromatic N) is 4. The number of fused-ring (bicyclic) bond motifs is 2. The van der Waals surface area contributed by atoms with Gasteiger partial charge in [0.1, 0.15) is 24.7 Å². The average molecular weight is 1050 g/mol. The standard InChI is InChI=1S/C29H19Cl3N4O5.C22H15Cl2N3O3/c30-19-10-9-18(24(11-19)36(39)40)14-35-15-21(28(37)29(38)34-26-22(31)12-33-13-23(26)32)20-7-4-8-25(27(20)35)41-16-17-5-2-1-3-6-17;23-16-10-25-11-17(24)20(16)27-22(29)21(28)15-9-26-19-14(15)7-4-8-18(19)30-12-13-5-2-1-3-6-13/h1-13,15H,14,16H2,(H,33,34,38);1-11,26H,12H2,(H,25,27,29). The number of nitrogens with one attached hydrogen (secondary N) is 3. The van der Waals surface area contributed by atoms with Crippen LogP contribution in [0.1, 0.15) is 37.4 Å². The van der Waals surface area contributed by atoms with E-state index in [4.69, 9.17) is 67.5 Å².